The van der Waals surface area contributed by atoms with Crippen molar-refractivity contribution < 1.29 is 14.3 Å². The summed E-state index contributed by atoms with van der Waals surface area (Å²) >= 11 is 3.57. The summed E-state index contributed by atoms with van der Waals surface area (Å²) < 4.78 is 12.3. The van der Waals surface area contributed by atoms with Crippen molar-refractivity contribution in [2.45, 2.75) is 38.7 Å². The molecule has 0 amide bonds. The molecule has 0 spiro atoms. The molecule has 2 aromatic rings. The maximum atomic E-state index is 12.7. The van der Waals surface area contributed by atoms with Gasteiger partial charge in [0, 0.05) is 18.4 Å². The Morgan fingerprint density at radius 2 is 2.00 bits per heavy atom. The summed E-state index contributed by atoms with van der Waals surface area (Å²) in [6.45, 7) is 2.49. The van der Waals surface area contributed by atoms with Gasteiger partial charge in [0.25, 0.3) is 0 Å². The van der Waals surface area contributed by atoms with E-state index < -0.39 is 5.92 Å². The smallest absolute Gasteiger partial charge is 0.205 e. The molecule has 152 valence electrons. The van der Waals surface area contributed by atoms with Gasteiger partial charge in [0.15, 0.2) is 5.78 Å². The van der Waals surface area contributed by atoms with Gasteiger partial charge in [0.1, 0.15) is 29.8 Å². The topological polar surface area (TPSA) is 85.3 Å². The number of carbonyl (C=O) groups is 1. The van der Waals surface area contributed by atoms with Gasteiger partial charge in [-0.2, -0.15) is 5.26 Å². The van der Waals surface area contributed by atoms with Crippen molar-refractivity contribution in [1.29, 1.82) is 5.26 Å². The van der Waals surface area contributed by atoms with Gasteiger partial charge < -0.3 is 15.2 Å². The molecule has 30 heavy (non-hydrogen) atoms. The number of ether oxygens (including phenoxy) is 2. The Bertz CT molecular complexity index is 1110. The van der Waals surface area contributed by atoms with Crippen molar-refractivity contribution in [2.75, 3.05) is 0 Å². The molecule has 0 bridgehead atoms. The number of hydrogen-bond acceptors (Lipinski definition) is 5. The van der Waals surface area contributed by atoms with Crippen LogP contribution in [0.15, 0.2) is 69.7 Å². The van der Waals surface area contributed by atoms with Gasteiger partial charge in [-0.3, -0.25) is 4.79 Å². The highest BCUT2D eigenvalue weighted by molar-refractivity contribution is 9.10. The van der Waals surface area contributed by atoms with E-state index in [9.17, 15) is 10.1 Å². The quantitative estimate of drug-likeness (QED) is 0.675. The predicted molar refractivity (Wildman–Crippen MR) is 116 cm³/mol. The molecule has 1 aliphatic carbocycles. The van der Waals surface area contributed by atoms with Gasteiger partial charge >= 0.3 is 0 Å². The lowest BCUT2D eigenvalue weighted by molar-refractivity contribution is -0.116. The van der Waals surface area contributed by atoms with Gasteiger partial charge in [-0.15, -0.1) is 0 Å². The summed E-state index contributed by atoms with van der Waals surface area (Å²) in [5.74, 6) is 0.840. The lowest BCUT2D eigenvalue weighted by atomic mass is 9.77. The summed E-state index contributed by atoms with van der Waals surface area (Å²) in [6, 6.07) is 15.9. The highest BCUT2D eigenvalue weighted by Gasteiger charge is 2.38. The maximum absolute atomic E-state index is 12.7. The molecular weight excluding hydrogens is 444 g/mol. The number of nitrogens with two attached hydrogens (primary N) is 1. The highest BCUT2D eigenvalue weighted by atomic mass is 79.9. The Labute approximate surface area is 183 Å². The zero-order valence-electron chi connectivity index (χ0n) is 16.6. The van der Waals surface area contributed by atoms with Crippen molar-refractivity contribution in [3.05, 3.63) is 86.4 Å². The molecule has 2 N–H and O–H groups in total. The molecular formula is C24H21BrN2O3. The first-order chi connectivity index (χ1) is 14.5. The standard InChI is InChI=1S/C24H21BrN2O3/c1-14-5-7-15(8-6-14)13-29-20-10-9-16(11-18(20)25)22-17(12-26)24(27)30-21-4-2-3-19(28)23(21)22/h5-11,22H,2-4,13,27H2,1H3/t22-/m0/s1. The first-order valence-electron chi connectivity index (χ1n) is 9.79. The molecule has 1 heterocycles. The van der Waals surface area contributed by atoms with Crippen molar-refractivity contribution in [3.63, 3.8) is 0 Å². The van der Waals surface area contributed by atoms with E-state index in [1.54, 1.807) is 0 Å². The van der Waals surface area contributed by atoms with Gasteiger partial charge in [-0.25, -0.2) is 0 Å². The molecule has 1 atom stereocenters. The number of allylic oxidation sites excluding steroid dienone is 3. The lowest BCUT2D eigenvalue weighted by Crippen LogP contribution is -2.27. The Kier molecular flexibility index (Phi) is 5.65. The molecule has 0 saturated heterocycles. The van der Waals surface area contributed by atoms with E-state index in [1.807, 2.05) is 37.3 Å². The van der Waals surface area contributed by atoms with Gasteiger partial charge in [-0.05, 0) is 52.5 Å². The molecule has 0 fully saturated rings. The summed E-state index contributed by atoms with van der Waals surface area (Å²) in [4.78, 5) is 12.7. The third kappa shape index (κ3) is 3.86. The second-order valence-electron chi connectivity index (χ2n) is 7.50. The Balaban J connectivity index is 1.64. The van der Waals surface area contributed by atoms with Crippen LogP contribution in [-0.2, 0) is 16.1 Å². The first kappa shape index (κ1) is 20.2. The van der Waals surface area contributed by atoms with E-state index in [2.05, 4.69) is 34.1 Å². The largest absolute Gasteiger partial charge is 0.488 e. The Morgan fingerprint density at radius 1 is 1.23 bits per heavy atom. The molecule has 6 heteroatoms. The van der Waals surface area contributed by atoms with Crippen LogP contribution in [0.2, 0.25) is 0 Å². The fourth-order valence-electron chi connectivity index (χ4n) is 3.85. The molecule has 1 aliphatic heterocycles. The zero-order valence-corrected chi connectivity index (χ0v) is 18.2. The number of rotatable bonds is 4. The number of benzene rings is 2. The van der Waals surface area contributed by atoms with Crippen LogP contribution in [0.5, 0.6) is 5.75 Å². The molecule has 0 aromatic heterocycles. The van der Waals surface area contributed by atoms with Crippen LogP contribution in [0.25, 0.3) is 0 Å². The van der Waals surface area contributed by atoms with Crippen LogP contribution in [0.4, 0.5) is 0 Å². The fourth-order valence-corrected chi connectivity index (χ4v) is 4.36. The van der Waals surface area contributed by atoms with Gasteiger partial charge in [-0.1, -0.05) is 35.9 Å². The summed E-state index contributed by atoms with van der Waals surface area (Å²) in [5, 5.41) is 9.69. The van der Waals surface area contributed by atoms with E-state index >= 15 is 0 Å². The number of aryl methyl sites for hydroxylation is 1. The summed E-state index contributed by atoms with van der Waals surface area (Å²) in [5.41, 5.74) is 9.91. The van der Waals surface area contributed by atoms with Gasteiger partial charge in [0.2, 0.25) is 5.88 Å². The van der Waals surface area contributed by atoms with Crippen LogP contribution in [0.1, 0.15) is 41.9 Å². The van der Waals surface area contributed by atoms with E-state index in [4.69, 9.17) is 15.2 Å². The van der Waals surface area contributed by atoms with Crippen molar-refractivity contribution in [2.24, 2.45) is 5.73 Å². The van der Waals surface area contributed by atoms with E-state index in [0.29, 0.717) is 36.5 Å². The number of halogens is 1. The Hall–Kier alpha value is -3.04. The maximum Gasteiger partial charge on any atom is 0.205 e. The average Bonchev–Trinajstić information content (AvgIpc) is 2.73. The second kappa shape index (κ2) is 8.37. The molecule has 0 saturated carbocycles. The zero-order chi connectivity index (χ0) is 21.3. The number of nitriles is 1. The van der Waals surface area contributed by atoms with Crippen LogP contribution in [0, 0.1) is 18.3 Å². The van der Waals surface area contributed by atoms with Gasteiger partial charge in [0.05, 0.1) is 10.4 Å². The monoisotopic (exact) mass is 464 g/mol. The second-order valence-corrected chi connectivity index (χ2v) is 8.36. The number of ketones is 1. The van der Waals surface area contributed by atoms with Crippen molar-refractivity contribution in [1.82, 2.24) is 0 Å². The van der Waals surface area contributed by atoms with Crippen molar-refractivity contribution >= 4 is 21.7 Å². The lowest BCUT2D eigenvalue weighted by Gasteiger charge is -2.31. The van der Waals surface area contributed by atoms with Crippen LogP contribution in [-0.4, -0.2) is 5.78 Å². The molecule has 0 unspecified atom stereocenters. The summed E-state index contributed by atoms with van der Waals surface area (Å²) in [6.07, 6.45) is 1.83. The highest BCUT2D eigenvalue weighted by Crippen LogP contribution is 2.44. The SMILES string of the molecule is Cc1ccc(COc2ccc([C@H]3C(C#N)=C(N)OC4=C3C(=O)CCC4)cc2Br)cc1. The van der Waals surface area contributed by atoms with E-state index in [1.165, 1.54) is 5.56 Å². The third-order valence-electron chi connectivity index (χ3n) is 5.41. The number of carbonyl (C=O) groups excluding carboxylic acids is 1. The third-order valence-corrected chi connectivity index (χ3v) is 6.03. The molecule has 2 aliphatic rings. The molecule has 0 radical (unpaired) electrons. The minimum absolute atomic E-state index is 0.0114. The predicted octanol–water partition coefficient (Wildman–Crippen LogP) is 5.15. The Morgan fingerprint density at radius 3 is 2.70 bits per heavy atom. The van der Waals surface area contributed by atoms with E-state index in [-0.39, 0.29) is 17.2 Å². The number of hydrogen-bond donors (Lipinski definition) is 1. The van der Waals surface area contributed by atoms with Crippen LogP contribution >= 0.6 is 15.9 Å². The number of Topliss-reactive ketones (excluding diaryl/α,β-unsaturated/α-hetero) is 1. The molecule has 4 rings (SSSR count). The number of nitrogens with zero attached hydrogens (tertiary/aromatic N) is 1. The summed E-state index contributed by atoms with van der Waals surface area (Å²) in [7, 11) is 0. The van der Waals surface area contributed by atoms with Crippen molar-refractivity contribution in [3.8, 4) is 11.8 Å². The minimum Gasteiger partial charge on any atom is -0.488 e. The first-order valence-corrected chi connectivity index (χ1v) is 10.6. The van der Waals surface area contributed by atoms with E-state index in [0.717, 1.165) is 22.0 Å². The molecule has 2 aromatic carbocycles. The fraction of sp³-hybridized carbons (Fsp3) is 0.250. The molecule has 5 nitrogen and oxygen atoms in total. The van der Waals surface area contributed by atoms with Crippen LogP contribution < -0.4 is 10.5 Å². The van der Waals surface area contributed by atoms with Crippen LogP contribution in [0.3, 0.4) is 0 Å². The average molecular weight is 465 g/mol. The normalized spacial score (nSPS) is 18.6. The minimum atomic E-state index is -0.519.